The summed E-state index contributed by atoms with van der Waals surface area (Å²) in [5, 5.41) is 11.8. The molecule has 1 unspecified atom stereocenters. The molecule has 4 heteroatoms. The maximum atomic E-state index is 13.7. The first-order chi connectivity index (χ1) is 9.43. The number of benzene rings is 1. The van der Waals surface area contributed by atoms with Gasteiger partial charge in [0.1, 0.15) is 11.6 Å². The molecule has 0 aliphatic carbocycles. The second-order valence-corrected chi connectivity index (χ2v) is 5.64. The summed E-state index contributed by atoms with van der Waals surface area (Å²) in [6, 6.07) is 4.10. The Labute approximate surface area is 119 Å². The zero-order valence-corrected chi connectivity index (χ0v) is 12.3. The topological polar surface area (TPSA) is 35.8 Å². The quantitative estimate of drug-likeness (QED) is 0.814. The fourth-order valence-electron chi connectivity index (χ4n) is 2.05. The normalized spacial score (nSPS) is 12.4. The van der Waals surface area contributed by atoms with Gasteiger partial charge in [0, 0.05) is 18.2 Å². The van der Waals surface area contributed by atoms with Gasteiger partial charge in [-0.1, -0.05) is 26.7 Å². The zero-order valence-electron chi connectivity index (χ0n) is 12.3. The summed E-state index contributed by atoms with van der Waals surface area (Å²) in [5.74, 6) is -0.650. The van der Waals surface area contributed by atoms with Gasteiger partial charge >= 0.3 is 0 Å². The van der Waals surface area contributed by atoms with E-state index in [1.807, 2.05) is 6.92 Å². The van der Waals surface area contributed by atoms with Crippen LogP contribution in [-0.4, -0.2) is 6.04 Å². The maximum Gasteiger partial charge on any atom is 0.131 e. The van der Waals surface area contributed by atoms with Crippen LogP contribution >= 0.6 is 0 Å². The van der Waals surface area contributed by atoms with Crippen molar-refractivity contribution in [2.75, 3.05) is 0 Å². The highest BCUT2D eigenvalue weighted by atomic mass is 19.1. The summed E-state index contributed by atoms with van der Waals surface area (Å²) in [4.78, 5) is 0. The lowest BCUT2D eigenvalue weighted by atomic mass is 10.0. The van der Waals surface area contributed by atoms with Gasteiger partial charge in [0.15, 0.2) is 0 Å². The molecule has 0 amide bonds. The Morgan fingerprint density at radius 3 is 2.25 bits per heavy atom. The van der Waals surface area contributed by atoms with E-state index in [-0.39, 0.29) is 23.7 Å². The van der Waals surface area contributed by atoms with Crippen molar-refractivity contribution in [3.63, 3.8) is 0 Å². The van der Waals surface area contributed by atoms with E-state index in [9.17, 15) is 8.78 Å². The molecule has 1 atom stereocenters. The first kappa shape index (κ1) is 16.6. The predicted molar refractivity (Wildman–Crippen MR) is 76.1 cm³/mol. The van der Waals surface area contributed by atoms with Crippen LogP contribution in [0.1, 0.15) is 51.2 Å². The number of nitriles is 1. The second kappa shape index (κ2) is 7.96. The lowest BCUT2D eigenvalue weighted by Crippen LogP contribution is -2.26. The molecular weight excluding hydrogens is 258 g/mol. The predicted octanol–water partition coefficient (Wildman–Crippen LogP) is 4.14. The highest BCUT2D eigenvalue weighted by Gasteiger charge is 2.12. The molecule has 1 N–H and O–H groups in total. The third kappa shape index (κ3) is 5.26. The SMILES string of the molecule is CC(C)CCCC(C)NCc1c(F)cc(C#N)cc1F. The summed E-state index contributed by atoms with van der Waals surface area (Å²) in [6.45, 7) is 6.52. The Morgan fingerprint density at radius 1 is 1.15 bits per heavy atom. The van der Waals surface area contributed by atoms with E-state index in [4.69, 9.17) is 5.26 Å². The number of nitrogens with one attached hydrogen (secondary N) is 1. The highest BCUT2D eigenvalue weighted by molar-refractivity contribution is 5.34. The lowest BCUT2D eigenvalue weighted by Gasteiger charge is -2.15. The average Bonchev–Trinajstić information content (AvgIpc) is 2.36. The average molecular weight is 280 g/mol. The van der Waals surface area contributed by atoms with Gasteiger partial charge in [-0.3, -0.25) is 0 Å². The van der Waals surface area contributed by atoms with Crippen LogP contribution < -0.4 is 5.32 Å². The van der Waals surface area contributed by atoms with Gasteiger partial charge in [-0.25, -0.2) is 8.78 Å². The molecule has 2 nitrogen and oxygen atoms in total. The molecular formula is C16H22F2N2. The minimum absolute atomic E-state index is 0.000269. The van der Waals surface area contributed by atoms with Crippen LogP contribution in [0.5, 0.6) is 0 Å². The Balaban J connectivity index is 2.51. The summed E-state index contributed by atoms with van der Waals surface area (Å²) in [7, 11) is 0. The Hall–Kier alpha value is -1.47. The number of halogens is 2. The zero-order chi connectivity index (χ0) is 15.1. The van der Waals surface area contributed by atoms with Crippen molar-refractivity contribution < 1.29 is 8.78 Å². The monoisotopic (exact) mass is 280 g/mol. The minimum Gasteiger partial charge on any atom is -0.310 e. The number of hydrogen-bond acceptors (Lipinski definition) is 2. The lowest BCUT2D eigenvalue weighted by molar-refractivity contribution is 0.445. The molecule has 0 heterocycles. The van der Waals surface area contributed by atoms with Crippen LogP contribution in [0.4, 0.5) is 8.78 Å². The van der Waals surface area contributed by atoms with Crippen molar-refractivity contribution >= 4 is 0 Å². The fourth-order valence-corrected chi connectivity index (χ4v) is 2.05. The van der Waals surface area contributed by atoms with Crippen LogP contribution in [0.25, 0.3) is 0 Å². The first-order valence-corrected chi connectivity index (χ1v) is 7.05. The second-order valence-electron chi connectivity index (χ2n) is 5.64. The van der Waals surface area contributed by atoms with Crippen molar-refractivity contribution in [3.8, 4) is 6.07 Å². The van der Waals surface area contributed by atoms with Crippen molar-refractivity contribution in [1.82, 2.24) is 5.32 Å². The molecule has 0 fully saturated rings. The molecule has 0 aliphatic rings. The molecule has 1 rings (SSSR count). The summed E-state index contributed by atoms with van der Waals surface area (Å²) in [5.41, 5.74) is 0.00782. The van der Waals surface area contributed by atoms with Crippen LogP contribution in [0.2, 0.25) is 0 Å². The van der Waals surface area contributed by atoms with Crippen LogP contribution in [0, 0.1) is 28.9 Å². The molecule has 0 bridgehead atoms. The van der Waals surface area contributed by atoms with Crippen molar-refractivity contribution in [3.05, 3.63) is 34.9 Å². The van der Waals surface area contributed by atoms with E-state index < -0.39 is 11.6 Å². The van der Waals surface area contributed by atoms with Gasteiger partial charge in [-0.05, 0) is 31.4 Å². The Kier molecular flexibility index (Phi) is 6.60. The molecule has 0 spiro atoms. The number of hydrogen-bond donors (Lipinski definition) is 1. The van der Waals surface area contributed by atoms with E-state index in [1.165, 1.54) is 0 Å². The first-order valence-electron chi connectivity index (χ1n) is 7.05. The van der Waals surface area contributed by atoms with Gasteiger partial charge in [0.25, 0.3) is 0 Å². The molecule has 0 saturated heterocycles. The van der Waals surface area contributed by atoms with Crippen molar-refractivity contribution in [1.29, 1.82) is 5.26 Å². The number of nitrogens with zero attached hydrogens (tertiary/aromatic N) is 1. The minimum atomic E-state index is -0.663. The fraction of sp³-hybridized carbons (Fsp3) is 0.562. The largest absolute Gasteiger partial charge is 0.310 e. The number of rotatable bonds is 7. The molecule has 1 aromatic rings. The Bertz CT molecular complexity index is 455. The van der Waals surface area contributed by atoms with Gasteiger partial charge in [0.05, 0.1) is 11.6 Å². The van der Waals surface area contributed by atoms with Gasteiger partial charge in [-0.2, -0.15) is 5.26 Å². The Morgan fingerprint density at radius 2 is 1.75 bits per heavy atom. The van der Waals surface area contributed by atoms with Crippen LogP contribution in [0.3, 0.4) is 0 Å². The van der Waals surface area contributed by atoms with Crippen LogP contribution in [-0.2, 0) is 6.54 Å². The molecule has 20 heavy (non-hydrogen) atoms. The molecule has 0 aromatic heterocycles. The van der Waals surface area contributed by atoms with Crippen molar-refractivity contribution in [2.24, 2.45) is 5.92 Å². The maximum absolute atomic E-state index is 13.7. The van der Waals surface area contributed by atoms with Gasteiger partial charge < -0.3 is 5.32 Å². The van der Waals surface area contributed by atoms with E-state index >= 15 is 0 Å². The van der Waals surface area contributed by atoms with E-state index in [2.05, 4.69) is 19.2 Å². The van der Waals surface area contributed by atoms with E-state index in [0.717, 1.165) is 31.4 Å². The molecule has 1 aromatic carbocycles. The summed E-state index contributed by atoms with van der Waals surface area (Å²) >= 11 is 0. The molecule has 0 aliphatic heterocycles. The highest BCUT2D eigenvalue weighted by Crippen LogP contribution is 2.16. The smallest absolute Gasteiger partial charge is 0.131 e. The van der Waals surface area contributed by atoms with Gasteiger partial charge in [0.2, 0.25) is 0 Å². The van der Waals surface area contributed by atoms with Crippen LogP contribution in [0.15, 0.2) is 12.1 Å². The molecule has 110 valence electrons. The third-order valence-electron chi connectivity index (χ3n) is 3.32. The van der Waals surface area contributed by atoms with Gasteiger partial charge in [-0.15, -0.1) is 0 Å². The standard InChI is InChI=1S/C16H22F2N2/c1-11(2)5-4-6-12(3)20-10-14-15(17)7-13(9-19)8-16(14)18/h7-8,11-12,20H,4-6,10H2,1-3H3. The summed E-state index contributed by atoms with van der Waals surface area (Å²) in [6.07, 6.45) is 3.24. The van der Waals surface area contributed by atoms with E-state index in [0.29, 0.717) is 5.92 Å². The summed E-state index contributed by atoms with van der Waals surface area (Å²) < 4.78 is 27.4. The third-order valence-corrected chi connectivity index (χ3v) is 3.32. The van der Waals surface area contributed by atoms with E-state index in [1.54, 1.807) is 6.07 Å². The molecule has 0 saturated carbocycles. The van der Waals surface area contributed by atoms with Crippen molar-refractivity contribution in [2.45, 2.75) is 52.6 Å². The molecule has 0 radical (unpaired) electrons.